The van der Waals surface area contributed by atoms with Crippen molar-refractivity contribution in [2.45, 2.75) is 25.9 Å². The summed E-state index contributed by atoms with van der Waals surface area (Å²) in [5, 5.41) is 2.86. The van der Waals surface area contributed by atoms with Gasteiger partial charge in [-0.25, -0.2) is 4.39 Å². The molecule has 116 valence electrons. The van der Waals surface area contributed by atoms with E-state index < -0.39 is 6.04 Å². The smallest absolute Gasteiger partial charge is 0.245 e. The lowest BCUT2D eigenvalue weighted by molar-refractivity contribution is -0.125. The molecule has 7 heteroatoms. The summed E-state index contributed by atoms with van der Waals surface area (Å²) in [7, 11) is 0. The summed E-state index contributed by atoms with van der Waals surface area (Å²) in [4.78, 5) is 14.1. The highest BCUT2D eigenvalue weighted by Gasteiger charge is 2.31. The molecule has 5 nitrogen and oxygen atoms in total. The van der Waals surface area contributed by atoms with E-state index in [0.29, 0.717) is 28.1 Å². The van der Waals surface area contributed by atoms with Crippen molar-refractivity contribution in [2.24, 2.45) is 0 Å². The number of nitrogens with one attached hydrogen (secondary N) is 1. The number of benzene rings is 1. The molecule has 1 saturated heterocycles. The molecular weight excluding hydrogens is 388 g/mol. The maximum Gasteiger partial charge on any atom is 0.245 e. The van der Waals surface area contributed by atoms with Crippen LogP contribution >= 0.6 is 22.6 Å². The Morgan fingerprint density at radius 1 is 1.57 bits per heavy atom. The first-order valence-corrected chi connectivity index (χ1v) is 7.87. The zero-order valence-corrected chi connectivity index (χ0v) is 14.2. The SMILES string of the molecule is CC(C)NC(=O)C1COCCN1c1cc(F)c(I)cc1N. The van der Waals surface area contributed by atoms with Crippen LogP contribution in [0.15, 0.2) is 12.1 Å². The monoisotopic (exact) mass is 407 g/mol. The van der Waals surface area contributed by atoms with E-state index in [0.717, 1.165) is 0 Å². The van der Waals surface area contributed by atoms with Gasteiger partial charge in [0.15, 0.2) is 0 Å². The number of nitrogen functional groups attached to an aromatic ring is 1. The fourth-order valence-corrected chi connectivity index (χ4v) is 2.78. The number of ether oxygens (including phenoxy) is 1. The summed E-state index contributed by atoms with van der Waals surface area (Å²) in [6, 6.07) is 2.51. The summed E-state index contributed by atoms with van der Waals surface area (Å²) in [5.74, 6) is -0.475. The number of hydrogen-bond acceptors (Lipinski definition) is 4. The van der Waals surface area contributed by atoms with Gasteiger partial charge in [0.25, 0.3) is 0 Å². The van der Waals surface area contributed by atoms with Crippen LogP contribution in [0.5, 0.6) is 0 Å². The van der Waals surface area contributed by atoms with Gasteiger partial charge in [0.2, 0.25) is 5.91 Å². The van der Waals surface area contributed by atoms with Crippen LogP contribution in [0, 0.1) is 9.39 Å². The number of carbonyl (C=O) groups excluding carboxylic acids is 1. The normalized spacial score (nSPS) is 18.9. The zero-order chi connectivity index (χ0) is 15.6. The average molecular weight is 407 g/mol. The highest BCUT2D eigenvalue weighted by atomic mass is 127. The Bertz CT molecular complexity index is 539. The minimum Gasteiger partial charge on any atom is -0.397 e. The van der Waals surface area contributed by atoms with E-state index >= 15 is 0 Å². The van der Waals surface area contributed by atoms with Crippen molar-refractivity contribution in [3.05, 3.63) is 21.5 Å². The maximum atomic E-state index is 13.8. The van der Waals surface area contributed by atoms with Crippen LogP contribution < -0.4 is 16.0 Å². The van der Waals surface area contributed by atoms with Crippen LogP contribution in [0.1, 0.15) is 13.8 Å². The van der Waals surface area contributed by atoms with Crippen LogP contribution in [0.3, 0.4) is 0 Å². The predicted octanol–water partition coefficient (Wildman–Crippen LogP) is 1.74. The Labute approximate surface area is 137 Å². The van der Waals surface area contributed by atoms with Gasteiger partial charge in [0.05, 0.1) is 28.2 Å². The fraction of sp³-hybridized carbons (Fsp3) is 0.500. The molecule has 1 aliphatic rings. The van der Waals surface area contributed by atoms with Gasteiger partial charge in [-0.1, -0.05) is 0 Å². The van der Waals surface area contributed by atoms with Crippen LogP contribution in [0.4, 0.5) is 15.8 Å². The predicted molar refractivity (Wildman–Crippen MR) is 88.8 cm³/mol. The lowest BCUT2D eigenvalue weighted by Gasteiger charge is -2.37. The number of carbonyl (C=O) groups is 1. The van der Waals surface area contributed by atoms with E-state index in [1.54, 1.807) is 6.07 Å². The molecule has 1 aromatic carbocycles. The summed E-state index contributed by atoms with van der Waals surface area (Å²) in [6.45, 7) is 5.04. The van der Waals surface area contributed by atoms with E-state index in [4.69, 9.17) is 10.5 Å². The van der Waals surface area contributed by atoms with Crippen molar-refractivity contribution in [2.75, 3.05) is 30.4 Å². The number of halogens is 2. The van der Waals surface area contributed by atoms with Crippen LogP contribution in [0.25, 0.3) is 0 Å². The van der Waals surface area contributed by atoms with Gasteiger partial charge in [-0.05, 0) is 42.5 Å². The van der Waals surface area contributed by atoms with Crippen LogP contribution in [-0.2, 0) is 9.53 Å². The number of rotatable bonds is 3. The van der Waals surface area contributed by atoms with E-state index in [9.17, 15) is 9.18 Å². The molecule has 0 spiro atoms. The fourth-order valence-electron chi connectivity index (χ4n) is 2.29. The first-order chi connectivity index (χ1) is 9.90. The topological polar surface area (TPSA) is 67.6 Å². The lowest BCUT2D eigenvalue weighted by atomic mass is 10.1. The summed E-state index contributed by atoms with van der Waals surface area (Å²) < 4.78 is 19.7. The molecule has 1 aromatic rings. The van der Waals surface area contributed by atoms with Crippen LogP contribution in [-0.4, -0.2) is 37.7 Å². The molecule has 1 heterocycles. The lowest BCUT2D eigenvalue weighted by Crippen LogP contribution is -2.55. The van der Waals surface area contributed by atoms with Gasteiger partial charge in [-0.3, -0.25) is 4.79 Å². The molecule has 0 aliphatic carbocycles. The second kappa shape index (κ2) is 6.78. The van der Waals surface area contributed by atoms with Crippen molar-refractivity contribution in [3.63, 3.8) is 0 Å². The number of nitrogens with zero attached hydrogens (tertiary/aromatic N) is 1. The molecule has 0 radical (unpaired) electrons. The summed E-state index contributed by atoms with van der Waals surface area (Å²) in [5.41, 5.74) is 7.00. The number of amides is 1. The van der Waals surface area contributed by atoms with Gasteiger partial charge in [0, 0.05) is 18.7 Å². The molecule has 1 amide bonds. The van der Waals surface area contributed by atoms with Crippen molar-refractivity contribution in [3.8, 4) is 0 Å². The first-order valence-electron chi connectivity index (χ1n) is 6.79. The minimum atomic E-state index is -0.497. The van der Waals surface area contributed by atoms with E-state index in [-0.39, 0.29) is 24.4 Å². The highest BCUT2D eigenvalue weighted by molar-refractivity contribution is 14.1. The minimum absolute atomic E-state index is 0.0343. The molecule has 21 heavy (non-hydrogen) atoms. The first kappa shape index (κ1) is 16.3. The third kappa shape index (κ3) is 3.76. The van der Waals surface area contributed by atoms with Crippen molar-refractivity contribution >= 4 is 39.9 Å². The van der Waals surface area contributed by atoms with E-state index in [2.05, 4.69) is 5.32 Å². The molecule has 1 atom stereocenters. The number of morpholine rings is 1. The number of nitrogens with two attached hydrogens (primary N) is 1. The third-order valence-corrected chi connectivity index (χ3v) is 4.07. The molecule has 1 unspecified atom stereocenters. The van der Waals surface area contributed by atoms with Crippen molar-refractivity contribution < 1.29 is 13.9 Å². The van der Waals surface area contributed by atoms with Gasteiger partial charge in [-0.15, -0.1) is 0 Å². The van der Waals surface area contributed by atoms with E-state index in [1.165, 1.54) is 6.07 Å². The van der Waals surface area contributed by atoms with Gasteiger partial charge >= 0.3 is 0 Å². The molecule has 0 aromatic heterocycles. The molecule has 0 saturated carbocycles. The largest absolute Gasteiger partial charge is 0.397 e. The molecule has 1 aliphatic heterocycles. The van der Waals surface area contributed by atoms with Crippen LogP contribution in [0.2, 0.25) is 0 Å². The standard InChI is InChI=1S/C14H19FIN3O2/c1-8(2)18-14(20)13-7-21-4-3-19(13)12-5-9(15)10(16)6-11(12)17/h5-6,8,13H,3-4,7,17H2,1-2H3,(H,18,20). The van der Waals surface area contributed by atoms with Gasteiger partial charge in [0.1, 0.15) is 11.9 Å². The number of hydrogen-bond donors (Lipinski definition) is 2. The van der Waals surface area contributed by atoms with Gasteiger partial charge in [-0.2, -0.15) is 0 Å². The van der Waals surface area contributed by atoms with E-state index in [1.807, 2.05) is 41.3 Å². The Hall–Kier alpha value is -1.09. The molecular formula is C14H19FIN3O2. The summed E-state index contributed by atoms with van der Waals surface area (Å²) >= 11 is 1.89. The second-order valence-electron chi connectivity index (χ2n) is 5.27. The highest BCUT2D eigenvalue weighted by Crippen LogP contribution is 2.30. The average Bonchev–Trinajstić information content (AvgIpc) is 2.42. The third-order valence-electron chi connectivity index (χ3n) is 3.24. The molecule has 2 rings (SSSR count). The molecule has 0 bridgehead atoms. The van der Waals surface area contributed by atoms with Crippen molar-refractivity contribution in [1.82, 2.24) is 5.32 Å². The quantitative estimate of drug-likeness (QED) is 0.592. The Morgan fingerprint density at radius 3 is 2.95 bits per heavy atom. The number of anilines is 2. The Morgan fingerprint density at radius 2 is 2.29 bits per heavy atom. The molecule has 1 fully saturated rings. The zero-order valence-electron chi connectivity index (χ0n) is 12.0. The molecule has 3 N–H and O–H groups in total. The Kier molecular flexibility index (Phi) is 5.26. The maximum absolute atomic E-state index is 13.8. The van der Waals surface area contributed by atoms with Gasteiger partial charge < -0.3 is 20.7 Å². The van der Waals surface area contributed by atoms with Crippen molar-refractivity contribution in [1.29, 1.82) is 0 Å². The second-order valence-corrected chi connectivity index (χ2v) is 6.43. The summed E-state index contributed by atoms with van der Waals surface area (Å²) in [6.07, 6.45) is 0. The Balaban J connectivity index is 2.30.